The van der Waals surface area contributed by atoms with E-state index in [1.807, 2.05) is 30.3 Å². The van der Waals surface area contributed by atoms with Crippen molar-refractivity contribution in [2.24, 2.45) is 0 Å². The molecule has 128 valence electrons. The quantitative estimate of drug-likeness (QED) is 0.732. The lowest BCUT2D eigenvalue weighted by Gasteiger charge is -2.18. The van der Waals surface area contributed by atoms with Crippen LogP contribution in [0, 0.1) is 0 Å². The van der Waals surface area contributed by atoms with Crippen molar-refractivity contribution >= 4 is 0 Å². The summed E-state index contributed by atoms with van der Waals surface area (Å²) in [6.07, 6.45) is 5.52. The van der Waals surface area contributed by atoms with Gasteiger partial charge in [-0.3, -0.25) is 4.79 Å². The summed E-state index contributed by atoms with van der Waals surface area (Å²) in [4.78, 5) is 16.2. The van der Waals surface area contributed by atoms with Crippen LogP contribution in [0.5, 0.6) is 0 Å². The van der Waals surface area contributed by atoms with Gasteiger partial charge in [-0.1, -0.05) is 30.3 Å². The van der Waals surface area contributed by atoms with Gasteiger partial charge in [-0.2, -0.15) is 0 Å². The molecule has 0 unspecified atom stereocenters. The van der Waals surface area contributed by atoms with Crippen LogP contribution >= 0.6 is 0 Å². The molecule has 5 nitrogen and oxygen atoms in total. The van der Waals surface area contributed by atoms with E-state index in [0.717, 1.165) is 48.8 Å². The minimum atomic E-state index is 0.00270. The van der Waals surface area contributed by atoms with E-state index in [1.165, 1.54) is 0 Å². The number of aromatic nitrogens is 2. The van der Waals surface area contributed by atoms with Crippen molar-refractivity contribution in [3.63, 3.8) is 0 Å². The Morgan fingerprint density at radius 3 is 2.64 bits per heavy atom. The highest BCUT2D eigenvalue weighted by Crippen LogP contribution is 2.29. The van der Waals surface area contributed by atoms with Gasteiger partial charge in [0.15, 0.2) is 11.7 Å². The van der Waals surface area contributed by atoms with Gasteiger partial charge in [0.2, 0.25) is 0 Å². The number of benzene rings is 1. The molecule has 5 heteroatoms. The maximum atomic E-state index is 11.8. The molecule has 0 atom stereocenters. The third kappa shape index (κ3) is 3.56. The van der Waals surface area contributed by atoms with Gasteiger partial charge >= 0.3 is 0 Å². The molecular formula is C20H20N2O3. The standard InChI is InChI=1S/C20H20N2O3/c23-19-3-1-2-10-22(19)14-15-4-6-16(7-5-15)18-13-21-20(25-18)17-8-11-24-12-9-17/h1-7,10,13,17H,8-9,11-12,14H2. The second-order valence-corrected chi connectivity index (χ2v) is 6.31. The number of hydrogen-bond donors (Lipinski definition) is 0. The number of ether oxygens (including phenoxy) is 1. The molecule has 0 radical (unpaired) electrons. The number of nitrogens with zero attached hydrogens (tertiary/aromatic N) is 2. The molecular weight excluding hydrogens is 316 g/mol. The molecule has 25 heavy (non-hydrogen) atoms. The van der Waals surface area contributed by atoms with Crippen LogP contribution < -0.4 is 5.56 Å². The monoisotopic (exact) mass is 336 g/mol. The fourth-order valence-electron chi connectivity index (χ4n) is 3.12. The minimum absolute atomic E-state index is 0.00270. The van der Waals surface area contributed by atoms with Gasteiger partial charge in [-0.15, -0.1) is 0 Å². The summed E-state index contributed by atoms with van der Waals surface area (Å²) >= 11 is 0. The van der Waals surface area contributed by atoms with E-state index >= 15 is 0 Å². The molecule has 1 aromatic carbocycles. The Kier molecular flexibility index (Phi) is 4.48. The molecule has 1 aliphatic heterocycles. The molecule has 1 aliphatic rings. The van der Waals surface area contributed by atoms with E-state index in [4.69, 9.17) is 9.15 Å². The summed E-state index contributed by atoms with van der Waals surface area (Å²) in [5.74, 6) is 1.94. The van der Waals surface area contributed by atoms with Crippen LogP contribution in [0.3, 0.4) is 0 Å². The van der Waals surface area contributed by atoms with Gasteiger partial charge in [0.25, 0.3) is 5.56 Å². The Morgan fingerprint density at radius 1 is 1.08 bits per heavy atom. The minimum Gasteiger partial charge on any atom is -0.440 e. The lowest BCUT2D eigenvalue weighted by Crippen LogP contribution is -2.18. The van der Waals surface area contributed by atoms with Crippen LogP contribution in [-0.2, 0) is 11.3 Å². The smallest absolute Gasteiger partial charge is 0.250 e. The fraction of sp³-hybridized carbons (Fsp3) is 0.300. The first kappa shape index (κ1) is 15.8. The zero-order valence-electron chi connectivity index (χ0n) is 13.9. The maximum Gasteiger partial charge on any atom is 0.250 e. The van der Waals surface area contributed by atoms with Crippen LogP contribution in [0.1, 0.15) is 30.2 Å². The van der Waals surface area contributed by atoms with Crippen LogP contribution in [0.25, 0.3) is 11.3 Å². The topological polar surface area (TPSA) is 57.3 Å². The average molecular weight is 336 g/mol. The molecule has 4 rings (SSSR count). The Morgan fingerprint density at radius 2 is 1.88 bits per heavy atom. The molecule has 0 saturated carbocycles. The molecule has 0 amide bonds. The Bertz CT molecular complexity index is 890. The van der Waals surface area contributed by atoms with E-state index in [2.05, 4.69) is 4.98 Å². The van der Waals surface area contributed by atoms with E-state index < -0.39 is 0 Å². The summed E-state index contributed by atoms with van der Waals surface area (Å²) < 4.78 is 13.0. The highest BCUT2D eigenvalue weighted by atomic mass is 16.5. The van der Waals surface area contributed by atoms with Crippen LogP contribution in [-0.4, -0.2) is 22.8 Å². The lowest BCUT2D eigenvalue weighted by atomic mass is 10.0. The van der Waals surface area contributed by atoms with Gasteiger partial charge in [0.1, 0.15) is 0 Å². The third-order valence-electron chi connectivity index (χ3n) is 4.58. The van der Waals surface area contributed by atoms with Crippen molar-refractivity contribution in [3.05, 3.63) is 76.7 Å². The summed E-state index contributed by atoms with van der Waals surface area (Å²) in [5, 5.41) is 0. The fourth-order valence-corrected chi connectivity index (χ4v) is 3.12. The van der Waals surface area contributed by atoms with E-state index in [9.17, 15) is 4.79 Å². The van der Waals surface area contributed by atoms with Crippen molar-refractivity contribution in [2.45, 2.75) is 25.3 Å². The highest BCUT2D eigenvalue weighted by molar-refractivity contribution is 5.56. The summed E-state index contributed by atoms with van der Waals surface area (Å²) in [6.45, 7) is 2.11. The van der Waals surface area contributed by atoms with Crippen LogP contribution in [0.15, 0.2) is 64.1 Å². The number of pyridine rings is 1. The van der Waals surface area contributed by atoms with Crippen molar-refractivity contribution in [3.8, 4) is 11.3 Å². The normalized spacial score (nSPS) is 15.4. The first-order valence-corrected chi connectivity index (χ1v) is 8.58. The number of rotatable bonds is 4. The van der Waals surface area contributed by atoms with Crippen LogP contribution in [0.2, 0.25) is 0 Å². The van der Waals surface area contributed by atoms with Crippen molar-refractivity contribution < 1.29 is 9.15 Å². The molecule has 3 aromatic rings. The number of oxazole rings is 1. The summed E-state index contributed by atoms with van der Waals surface area (Å²) in [6, 6.07) is 13.2. The molecule has 0 N–H and O–H groups in total. The maximum absolute atomic E-state index is 11.8. The molecule has 0 aliphatic carbocycles. The highest BCUT2D eigenvalue weighted by Gasteiger charge is 2.21. The van der Waals surface area contributed by atoms with Gasteiger partial charge in [-0.25, -0.2) is 4.98 Å². The van der Waals surface area contributed by atoms with Crippen molar-refractivity contribution in [2.75, 3.05) is 13.2 Å². The first-order valence-electron chi connectivity index (χ1n) is 8.58. The molecule has 1 saturated heterocycles. The zero-order chi connectivity index (χ0) is 17.1. The molecule has 0 spiro atoms. The SMILES string of the molecule is O=c1ccccn1Cc1ccc(-c2cnc(C3CCOCC3)o2)cc1. The van der Waals surface area contributed by atoms with Gasteiger partial charge < -0.3 is 13.7 Å². The second kappa shape index (κ2) is 7.07. The molecule has 3 heterocycles. The molecule has 0 bridgehead atoms. The Balaban J connectivity index is 1.49. The van der Waals surface area contributed by atoms with Crippen molar-refractivity contribution in [1.29, 1.82) is 0 Å². The molecule has 1 fully saturated rings. The molecule has 2 aromatic heterocycles. The zero-order valence-corrected chi connectivity index (χ0v) is 13.9. The van der Waals surface area contributed by atoms with E-state index in [1.54, 1.807) is 29.1 Å². The second-order valence-electron chi connectivity index (χ2n) is 6.31. The summed E-state index contributed by atoms with van der Waals surface area (Å²) in [7, 11) is 0. The number of hydrogen-bond acceptors (Lipinski definition) is 4. The van der Waals surface area contributed by atoms with Gasteiger partial charge in [-0.05, 0) is 24.5 Å². The van der Waals surface area contributed by atoms with E-state index in [0.29, 0.717) is 12.5 Å². The predicted octanol–water partition coefficient (Wildman–Crippen LogP) is 3.45. The first-order chi connectivity index (χ1) is 12.3. The third-order valence-corrected chi connectivity index (χ3v) is 4.58. The lowest BCUT2D eigenvalue weighted by molar-refractivity contribution is 0.0796. The van der Waals surface area contributed by atoms with Crippen LogP contribution in [0.4, 0.5) is 0 Å². The predicted molar refractivity (Wildman–Crippen MR) is 94.5 cm³/mol. The van der Waals surface area contributed by atoms with Crippen molar-refractivity contribution in [1.82, 2.24) is 9.55 Å². The van der Waals surface area contributed by atoms with E-state index in [-0.39, 0.29) is 5.56 Å². The average Bonchev–Trinajstić information content (AvgIpc) is 3.15. The Labute approximate surface area is 145 Å². The Hall–Kier alpha value is -2.66. The van der Waals surface area contributed by atoms with Gasteiger partial charge in [0, 0.05) is 37.0 Å². The largest absolute Gasteiger partial charge is 0.440 e. The summed E-state index contributed by atoms with van der Waals surface area (Å²) in [5.41, 5.74) is 2.07. The van der Waals surface area contributed by atoms with Gasteiger partial charge in [0.05, 0.1) is 12.7 Å².